The van der Waals surface area contributed by atoms with Crippen LogP contribution < -0.4 is 0 Å². The number of hydrogen-bond acceptors (Lipinski definition) is 2. The van der Waals surface area contributed by atoms with Gasteiger partial charge in [-0.1, -0.05) is 12.2 Å². The Hall–Kier alpha value is -0.790. The van der Waals surface area contributed by atoms with Gasteiger partial charge in [-0.3, -0.25) is 4.79 Å². The standard InChI is InChI=1S/C5H6O2/c1-7-5(6)4-2-3-4/h2-4H,1H3/i2+1,3+1. The smallest absolute Gasteiger partial charge is 0.316 e. The van der Waals surface area contributed by atoms with E-state index in [0.29, 0.717) is 0 Å². The third-order valence-electron chi connectivity index (χ3n) is 0.858. The summed E-state index contributed by atoms with van der Waals surface area (Å²) in [5, 5.41) is 0. The van der Waals surface area contributed by atoms with Gasteiger partial charge in [0.1, 0.15) is 0 Å². The molecule has 2 heteroatoms. The van der Waals surface area contributed by atoms with Crippen molar-refractivity contribution in [3.8, 4) is 0 Å². The van der Waals surface area contributed by atoms with Crippen molar-refractivity contribution in [2.45, 2.75) is 0 Å². The van der Waals surface area contributed by atoms with Crippen molar-refractivity contribution in [2.24, 2.45) is 5.92 Å². The molecule has 7 heavy (non-hydrogen) atoms. The Kier molecular flexibility index (Phi) is 0.855. The zero-order valence-electron chi connectivity index (χ0n) is 4.05. The van der Waals surface area contributed by atoms with Crippen LogP contribution in [0.3, 0.4) is 0 Å². The van der Waals surface area contributed by atoms with Crippen LogP contribution in [0.2, 0.25) is 0 Å². The van der Waals surface area contributed by atoms with Gasteiger partial charge in [0.25, 0.3) is 0 Å². The van der Waals surface area contributed by atoms with Gasteiger partial charge in [0.15, 0.2) is 0 Å². The van der Waals surface area contributed by atoms with Crippen LogP contribution >= 0.6 is 0 Å². The molecule has 0 heterocycles. The van der Waals surface area contributed by atoms with Gasteiger partial charge in [0, 0.05) is 0 Å². The second kappa shape index (κ2) is 1.37. The highest BCUT2D eigenvalue weighted by Crippen LogP contribution is 2.15. The number of methoxy groups -OCH3 is 1. The van der Waals surface area contributed by atoms with Gasteiger partial charge in [-0.15, -0.1) is 0 Å². The molecule has 0 aromatic carbocycles. The predicted molar refractivity (Wildman–Crippen MR) is 24.6 cm³/mol. The normalized spacial score (nSPS) is 16.7. The SMILES string of the molecule is COC(=O)C1[13CH]=[13CH]1. The summed E-state index contributed by atoms with van der Waals surface area (Å²) >= 11 is 0. The van der Waals surface area contributed by atoms with Crippen LogP contribution in [0.25, 0.3) is 0 Å². The van der Waals surface area contributed by atoms with Gasteiger partial charge in [0.2, 0.25) is 0 Å². The Bertz CT molecular complexity index is 109. The summed E-state index contributed by atoms with van der Waals surface area (Å²) in [6.07, 6.45) is 3.59. The fourth-order valence-corrected chi connectivity index (χ4v) is 0.349. The number of carbonyl (C=O) groups is 1. The van der Waals surface area contributed by atoms with E-state index in [0.717, 1.165) is 0 Å². The van der Waals surface area contributed by atoms with Gasteiger partial charge in [0.05, 0.1) is 13.0 Å². The molecule has 0 aromatic heterocycles. The second-order valence-electron chi connectivity index (χ2n) is 1.43. The lowest BCUT2D eigenvalue weighted by molar-refractivity contribution is -0.141. The Morgan fingerprint density at radius 2 is 2.29 bits per heavy atom. The molecule has 38 valence electrons. The van der Waals surface area contributed by atoms with Crippen molar-refractivity contribution in [3.63, 3.8) is 0 Å². The summed E-state index contributed by atoms with van der Waals surface area (Å²) in [7, 11) is 1.39. The molecule has 2 nitrogen and oxygen atoms in total. The quantitative estimate of drug-likeness (QED) is 0.270. The molecule has 0 radical (unpaired) electrons. The number of esters is 1. The highest BCUT2D eigenvalue weighted by molar-refractivity contribution is 5.80. The third-order valence-corrected chi connectivity index (χ3v) is 0.858. The first-order chi connectivity index (χ1) is 3.34. The number of rotatable bonds is 1. The molecule has 1 aliphatic rings. The minimum Gasteiger partial charge on any atom is -0.468 e. The van der Waals surface area contributed by atoms with Gasteiger partial charge in [-0.25, -0.2) is 0 Å². The first-order valence-corrected chi connectivity index (χ1v) is 2.11. The maximum absolute atomic E-state index is 10.3. The lowest BCUT2D eigenvalue weighted by Crippen LogP contribution is -2.02. The van der Waals surface area contributed by atoms with Crippen molar-refractivity contribution in [1.29, 1.82) is 0 Å². The van der Waals surface area contributed by atoms with Gasteiger partial charge in [-0.05, 0) is 0 Å². The maximum atomic E-state index is 10.3. The molecule has 0 saturated carbocycles. The summed E-state index contributed by atoms with van der Waals surface area (Å²) in [5.41, 5.74) is 0. The summed E-state index contributed by atoms with van der Waals surface area (Å²) in [6.45, 7) is 0. The molecule has 0 saturated heterocycles. The Morgan fingerprint density at radius 1 is 1.71 bits per heavy atom. The molecule has 1 aliphatic carbocycles. The number of carbonyl (C=O) groups excluding carboxylic acids is 1. The van der Waals surface area contributed by atoms with Crippen LogP contribution in [0, 0.1) is 5.92 Å². The lowest BCUT2D eigenvalue weighted by atomic mass is 10.5. The van der Waals surface area contributed by atoms with Crippen LogP contribution in [0.1, 0.15) is 0 Å². The monoisotopic (exact) mass is 100 g/mol. The van der Waals surface area contributed by atoms with Gasteiger partial charge < -0.3 is 4.74 Å². The number of hydrogen-bond donors (Lipinski definition) is 0. The van der Waals surface area contributed by atoms with E-state index in [2.05, 4.69) is 4.74 Å². The van der Waals surface area contributed by atoms with Crippen LogP contribution in [-0.4, -0.2) is 13.1 Å². The average molecular weight is 100 g/mol. The molecule has 0 spiro atoms. The third kappa shape index (κ3) is 0.796. The topological polar surface area (TPSA) is 26.3 Å². The Balaban J connectivity index is 2.26. The van der Waals surface area contributed by atoms with Crippen molar-refractivity contribution >= 4 is 5.97 Å². The van der Waals surface area contributed by atoms with Crippen molar-refractivity contribution in [1.82, 2.24) is 0 Å². The van der Waals surface area contributed by atoms with E-state index < -0.39 is 0 Å². The van der Waals surface area contributed by atoms with Crippen molar-refractivity contribution in [2.75, 3.05) is 7.11 Å². The molecular weight excluding hydrogens is 94.0 g/mol. The molecule has 0 amide bonds. The van der Waals surface area contributed by atoms with E-state index in [9.17, 15) is 4.79 Å². The molecule has 0 unspecified atom stereocenters. The molecule has 1 rings (SSSR count). The van der Waals surface area contributed by atoms with E-state index >= 15 is 0 Å². The first-order valence-electron chi connectivity index (χ1n) is 2.11. The molecule has 0 fully saturated rings. The first kappa shape index (κ1) is 4.37. The highest BCUT2D eigenvalue weighted by atomic mass is 16.5. The summed E-state index contributed by atoms with van der Waals surface area (Å²) in [4.78, 5) is 10.3. The Morgan fingerprint density at radius 3 is 2.43 bits per heavy atom. The van der Waals surface area contributed by atoms with Crippen molar-refractivity contribution < 1.29 is 9.53 Å². The highest BCUT2D eigenvalue weighted by Gasteiger charge is 2.20. The van der Waals surface area contributed by atoms with Crippen LogP contribution in [-0.2, 0) is 9.53 Å². The minimum atomic E-state index is -0.153. The van der Waals surface area contributed by atoms with Gasteiger partial charge >= 0.3 is 5.97 Å². The lowest BCUT2D eigenvalue weighted by Gasteiger charge is -1.90. The summed E-state index contributed by atoms with van der Waals surface area (Å²) < 4.78 is 4.37. The van der Waals surface area contributed by atoms with E-state index in [4.69, 9.17) is 0 Å². The molecule has 0 aromatic rings. The van der Waals surface area contributed by atoms with Crippen molar-refractivity contribution in [3.05, 3.63) is 12.2 Å². The largest absolute Gasteiger partial charge is 0.468 e. The van der Waals surface area contributed by atoms with E-state index in [1.807, 2.05) is 0 Å². The van der Waals surface area contributed by atoms with E-state index in [-0.39, 0.29) is 11.9 Å². The van der Waals surface area contributed by atoms with E-state index in [1.165, 1.54) is 7.11 Å². The molecule has 0 bridgehead atoms. The maximum Gasteiger partial charge on any atom is 0.316 e. The molecule has 0 aliphatic heterocycles. The van der Waals surface area contributed by atoms with Crippen LogP contribution in [0.4, 0.5) is 0 Å². The van der Waals surface area contributed by atoms with Gasteiger partial charge in [-0.2, -0.15) is 0 Å². The minimum absolute atomic E-state index is 0.00463. The van der Waals surface area contributed by atoms with Crippen LogP contribution in [0.5, 0.6) is 0 Å². The van der Waals surface area contributed by atoms with E-state index in [1.54, 1.807) is 12.2 Å². The average Bonchev–Trinajstić information content (AvgIpc) is 2.44. The zero-order chi connectivity index (χ0) is 5.28. The second-order valence-corrected chi connectivity index (χ2v) is 1.43. The summed E-state index contributed by atoms with van der Waals surface area (Å²) in [6, 6.07) is 0. The fraction of sp³-hybridized carbons (Fsp3) is 0.400. The molecule has 0 N–H and O–H groups in total. The fourth-order valence-electron chi connectivity index (χ4n) is 0.349. The Labute approximate surface area is 41.8 Å². The zero-order valence-corrected chi connectivity index (χ0v) is 4.05. The predicted octanol–water partition coefficient (Wildman–Crippen LogP) is 0.345. The van der Waals surface area contributed by atoms with Crippen LogP contribution in [0.15, 0.2) is 12.2 Å². The summed E-state index contributed by atoms with van der Waals surface area (Å²) in [5.74, 6) is -0.148. The molecular formula is C5H6O2. The molecule has 0 atom stereocenters. The number of ether oxygens (including phenoxy) is 1.